The van der Waals surface area contributed by atoms with Crippen LogP contribution in [0.1, 0.15) is 65.2 Å². The normalized spacial score (nSPS) is 12.1. The topological polar surface area (TPSA) is 3.24 Å². The molecule has 1 unspecified atom stereocenters. The van der Waals surface area contributed by atoms with Crippen LogP contribution in [0.15, 0.2) is 60.7 Å². The fourth-order valence-corrected chi connectivity index (χ4v) is 3.36. The fourth-order valence-electron chi connectivity index (χ4n) is 3.36. The van der Waals surface area contributed by atoms with Crippen molar-refractivity contribution < 1.29 is 0 Å². The van der Waals surface area contributed by atoms with Gasteiger partial charge < -0.3 is 4.90 Å². The van der Waals surface area contributed by atoms with Gasteiger partial charge in [-0.05, 0) is 37.6 Å². The zero-order chi connectivity index (χ0) is 17.0. The van der Waals surface area contributed by atoms with Gasteiger partial charge in [0, 0.05) is 17.4 Å². The van der Waals surface area contributed by atoms with Gasteiger partial charge in [0.15, 0.2) is 0 Å². The lowest BCUT2D eigenvalue weighted by atomic mass is 10.0. The lowest BCUT2D eigenvalue weighted by Crippen LogP contribution is -2.28. The van der Waals surface area contributed by atoms with E-state index in [0.717, 1.165) is 0 Å². The Morgan fingerprint density at radius 1 is 0.667 bits per heavy atom. The molecule has 2 aromatic carbocycles. The number of unbranched alkanes of at least 4 members (excludes halogenated alkanes) is 6. The Balaban J connectivity index is 1.90. The standard InChI is InChI=1S/C23H33N/c1-3-4-5-6-7-8-11-16-21(2)24(22-17-12-9-13-18-22)23-19-14-10-15-20-23/h9-10,12-15,17-21H,3-8,11,16H2,1-2H3. The Morgan fingerprint density at radius 3 is 1.62 bits per heavy atom. The number of hydrogen-bond donors (Lipinski definition) is 0. The molecule has 0 amide bonds. The van der Waals surface area contributed by atoms with E-state index in [-0.39, 0.29) is 0 Å². The molecule has 0 N–H and O–H groups in total. The fraction of sp³-hybridized carbons (Fsp3) is 0.478. The molecule has 0 heterocycles. The minimum atomic E-state index is 0.519. The molecule has 2 aromatic rings. The van der Waals surface area contributed by atoms with E-state index in [1.807, 2.05) is 0 Å². The molecule has 0 radical (unpaired) electrons. The lowest BCUT2D eigenvalue weighted by Gasteiger charge is -2.31. The van der Waals surface area contributed by atoms with Crippen LogP contribution >= 0.6 is 0 Å². The smallest absolute Gasteiger partial charge is 0.0413 e. The van der Waals surface area contributed by atoms with Crippen LogP contribution in [0.2, 0.25) is 0 Å². The summed E-state index contributed by atoms with van der Waals surface area (Å²) in [5, 5.41) is 0. The van der Waals surface area contributed by atoms with E-state index < -0.39 is 0 Å². The summed E-state index contributed by atoms with van der Waals surface area (Å²) in [7, 11) is 0. The van der Waals surface area contributed by atoms with Gasteiger partial charge in [-0.2, -0.15) is 0 Å². The van der Waals surface area contributed by atoms with E-state index in [4.69, 9.17) is 0 Å². The summed E-state index contributed by atoms with van der Waals surface area (Å²) in [6.07, 6.45) is 10.9. The molecule has 0 spiro atoms. The highest BCUT2D eigenvalue weighted by atomic mass is 15.2. The van der Waals surface area contributed by atoms with Crippen LogP contribution in [0.5, 0.6) is 0 Å². The van der Waals surface area contributed by atoms with Crippen molar-refractivity contribution in [2.75, 3.05) is 4.90 Å². The summed E-state index contributed by atoms with van der Waals surface area (Å²) >= 11 is 0. The van der Waals surface area contributed by atoms with Crippen molar-refractivity contribution >= 4 is 11.4 Å². The second-order valence-corrected chi connectivity index (χ2v) is 6.80. The summed E-state index contributed by atoms with van der Waals surface area (Å²) in [4.78, 5) is 2.48. The highest BCUT2D eigenvalue weighted by Crippen LogP contribution is 2.29. The number of benzene rings is 2. The Morgan fingerprint density at radius 2 is 1.12 bits per heavy atom. The van der Waals surface area contributed by atoms with Gasteiger partial charge in [0.05, 0.1) is 0 Å². The van der Waals surface area contributed by atoms with E-state index in [9.17, 15) is 0 Å². The maximum absolute atomic E-state index is 2.48. The second kappa shape index (κ2) is 10.9. The van der Waals surface area contributed by atoms with Gasteiger partial charge in [-0.1, -0.05) is 88.3 Å². The molecule has 0 fully saturated rings. The monoisotopic (exact) mass is 323 g/mol. The first-order chi connectivity index (χ1) is 11.8. The average molecular weight is 324 g/mol. The molecule has 1 heteroatoms. The molecular weight excluding hydrogens is 290 g/mol. The molecule has 0 aliphatic rings. The summed E-state index contributed by atoms with van der Waals surface area (Å²) in [5.74, 6) is 0. The molecule has 1 atom stereocenters. The third kappa shape index (κ3) is 6.03. The highest BCUT2D eigenvalue weighted by molar-refractivity contribution is 5.63. The Bertz CT molecular complexity index is 495. The number of anilines is 2. The first-order valence-electron chi connectivity index (χ1n) is 9.72. The number of rotatable bonds is 11. The maximum Gasteiger partial charge on any atom is 0.0413 e. The van der Waals surface area contributed by atoms with Gasteiger partial charge in [0.25, 0.3) is 0 Å². The molecule has 0 bridgehead atoms. The van der Waals surface area contributed by atoms with E-state index in [0.29, 0.717) is 6.04 Å². The summed E-state index contributed by atoms with van der Waals surface area (Å²) in [5.41, 5.74) is 2.58. The first kappa shape index (κ1) is 18.6. The zero-order valence-corrected chi connectivity index (χ0v) is 15.5. The molecule has 0 saturated carbocycles. The molecule has 24 heavy (non-hydrogen) atoms. The van der Waals surface area contributed by atoms with Crippen LogP contribution in [0.4, 0.5) is 11.4 Å². The van der Waals surface area contributed by atoms with Gasteiger partial charge in [-0.15, -0.1) is 0 Å². The minimum absolute atomic E-state index is 0.519. The Kier molecular flexibility index (Phi) is 8.45. The molecular formula is C23H33N. The number of para-hydroxylation sites is 2. The van der Waals surface area contributed by atoms with Gasteiger partial charge in [0.1, 0.15) is 0 Å². The zero-order valence-electron chi connectivity index (χ0n) is 15.5. The second-order valence-electron chi connectivity index (χ2n) is 6.80. The van der Waals surface area contributed by atoms with E-state index in [1.165, 1.54) is 62.7 Å². The summed E-state index contributed by atoms with van der Waals surface area (Å²) in [6, 6.07) is 22.1. The van der Waals surface area contributed by atoms with Crippen molar-refractivity contribution in [3.05, 3.63) is 60.7 Å². The van der Waals surface area contributed by atoms with Crippen molar-refractivity contribution in [1.29, 1.82) is 0 Å². The molecule has 0 aliphatic heterocycles. The molecule has 1 nitrogen and oxygen atoms in total. The highest BCUT2D eigenvalue weighted by Gasteiger charge is 2.15. The van der Waals surface area contributed by atoms with Crippen LogP contribution in [-0.4, -0.2) is 6.04 Å². The van der Waals surface area contributed by atoms with Gasteiger partial charge >= 0.3 is 0 Å². The third-order valence-electron chi connectivity index (χ3n) is 4.73. The first-order valence-corrected chi connectivity index (χ1v) is 9.72. The predicted octanol–water partition coefficient (Wildman–Crippen LogP) is 7.35. The van der Waals surface area contributed by atoms with Crippen molar-refractivity contribution in [2.45, 2.75) is 71.3 Å². The van der Waals surface area contributed by atoms with Crippen molar-refractivity contribution in [3.8, 4) is 0 Å². The van der Waals surface area contributed by atoms with E-state index in [2.05, 4.69) is 79.4 Å². The largest absolute Gasteiger partial charge is 0.339 e. The average Bonchev–Trinajstić information content (AvgIpc) is 2.63. The van der Waals surface area contributed by atoms with Gasteiger partial charge in [-0.25, -0.2) is 0 Å². The minimum Gasteiger partial charge on any atom is -0.339 e. The quantitative estimate of drug-likeness (QED) is 0.391. The van der Waals surface area contributed by atoms with E-state index >= 15 is 0 Å². The van der Waals surface area contributed by atoms with Crippen molar-refractivity contribution in [3.63, 3.8) is 0 Å². The van der Waals surface area contributed by atoms with Crippen LogP contribution in [-0.2, 0) is 0 Å². The van der Waals surface area contributed by atoms with Crippen LogP contribution < -0.4 is 4.90 Å². The van der Waals surface area contributed by atoms with Gasteiger partial charge in [0.2, 0.25) is 0 Å². The molecule has 130 valence electrons. The maximum atomic E-state index is 2.48. The van der Waals surface area contributed by atoms with E-state index in [1.54, 1.807) is 0 Å². The number of nitrogens with zero attached hydrogens (tertiary/aromatic N) is 1. The molecule has 0 aliphatic carbocycles. The number of hydrogen-bond acceptors (Lipinski definition) is 1. The SMILES string of the molecule is CCCCCCCCCC(C)N(c1ccccc1)c1ccccc1. The Labute approximate surface area is 148 Å². The summed E-state index contributed by atoms with van der Waals surface area (Å²) in [6.45, 7) is 4.64. The third-order valence-corrected chi connectivity index (χ3v) is 4.73. The van der Waals surface area contributed by atoms with Crippen LogP contribution in [0.25, 0.3) is 0 Å². The van der Waals surface area contributed by atoms with Crippen molar-refractivity contribution in [1.82, 2.24) is 0 Å². The molecule has 0 aromatic heterocycles. The lowest BCUT2D eigenvalue weighted by molar-refractivity contribution is 0.542. The van der Waals surface area contributed by atoms with Crippen molar-refractivity contribution in [2.24, 2.45) is 0 Å². The molecule has 0 saturated heterocycles. The molecule has 2 rings (SSSR count). The van der Waals surface area contributed by atoms with Gasteiger partial charge in [-0.3, -0.25) is 0 Å². The van der Waals surface area contributed by atoms with Crippen LogP contribution in [0.3, 0.4) is 0 Å². The Hall–Kier alpha value is -1.76. The predicted molar refractivity (Wildman–Crippen MR) is 107 cm³/mol. The summed E-state index contributed by atoms with van der Waals surface area (Å²) < 4.78 is 0. The van der Waals surface area contributed by atoms with Crippen LogP contribution in [0, 0.1) is 0 Å².